The summed E-state index contributed by atoms with van der Waals surface area (Å²) in [7, 11) is 0. The van der Waals surface area contributed by atoms with E-state index in [9.17, 15) is 4.79 Å². The van der Waals surface area contributed by atoms with E-state index < -0.39 is 0 Å². The third-order valence-electron chi connectivity index (χ3n) is 3.80. The van der Waals surface area contributed by atoms with Crippen LogP contribution in [0.15, 0.2) is 30.3 Å². The van der Waals surface area contributed by atoms with E-state index in [1.165, 1.54) is 11.1 Å². The number of aryl methyl sites for hydroxylation is 2. The Kier molecular flexibility index (Phi) is 3.76. The summed E-state index contributed by atoms with van der Waals surface area (Å²) in [6.45, 7) is 3.64. The van der Waals surface area contributed by atoms with Gasteiger partial charge in [-0.2, -0.15) is 10.2 Å². The molecular weight excluding hydrogens is 330 g/mol. The van der Waals surface area contributed by atoms with E-state index in [0.717, 1.165) is 12.1 Å². The Hall–Kier alpha value is -1.75. The largest absolute Gasteiger partial charge is 0.344 e. The first kappa shape index (κ1) is 14.2. The first-order chi connectivity index (χ1) is 10.1. The van der Waals surface area contributed by atoms with Crippen molar-refractivity contribution >= 4 is 21.8 Å². The van der Waals surface area contributed by atoms with Gasteiger partial charge in [0.15, 0.2) is 0 Å². The van der Waals surface area contributed by atoms with Crippen molar-refractivity contribution in [2.75, 3.05) is 0 Å². The average Bonchev–Trinajstić information content (AvgIpc) is 2.78. The van der Waals surface area contributed by atoms with Gasteiger partial charge in [0.05, 0.1) is 23.0 Å². The highest BCUT2D eigenvalue weighted by molar-refractivity contribution is 9.09. The fourth-order valence-corrected chi connectivity index (χ4v) is 3.48. The Balaban J connectivity index is 1.87. The summed E-state index contributed by atoms with van der Waals surface area (Å²) in [6, 6.07) is 9.99. The zero-order valence-corrected chi connectivity index (χ0v) is 13.5. The quantitative estimate of drug-likeness (QED) is 0.851. The Morgan fingerprint density at radius 2 is 2.05 bits per heavy atom. The van der Waals surface area contributed by atoms with E-state index in [4.69, 9.17) is 0 Å². The number of carbonyl (C=O) groups is 1. The van der Waals surface area contributed by atoms with E-state index in [2.05, 4.69) is 43.6 Å². The van der Waals surface area contributed by atoms with Crippen molar-refractivity contribution in [3.05, 3.63) is 58.4 Å². The van der Waals surface area contributed by atoms with Gasteiger partial charge in [-0.05, 0) is 37.5 Å². The second-order valence-corrected chi connectivity index (χ2v) is 6.53. The van der Waals surface area contributed by atoms with Crippen molar-refractivity contribution in [2.45, 2.75) is 31.1 Å². The van der Waals surface area contributed by atoms with Gasteiger partial charge >= 0.3 is 0 Å². The molecule has 108 valence electrons. The van der Waals surface area contributed by atoms with Crippen LogP contribution in [0.3, 0.4) is 0 Å². The Labute approximate surface area is 132 Å². The molecule has 5 heteroatoms. The number of alkyl halides is 1. The van der Waals surface area contributed by atoms with Gasteiger partial charge in [-0.15, -0.1) is 0 Å². The second kappa shape index (κ2) is 5.56. The summed E-state index contributed by atoms with van der Waals surface area (Å²) in [5.74, 6) is -0.100. The number of hydrogen-bond acceptors (Lipinski definition) is 3. The van der Waals surface area contributed by atoms with Gasteiger partial charge in [0.1, 0.15) is 0 Å². The number of nitrogens with one attached hydrogen (secondary N) is 1. The number of carbonyl (C=O) groups excluding carboxylic acids is 1. The van der Waals surface area contributed by atoms with Crippen molar-refractivity contribution < 1.29 is 4.79 Å². The smallest absolute Gasteiger partial charge is 0.253 e. The van der Waals surface area contributed by atoms with Crippen LogP contribution >= 0.6 is 15.9 Å². The number of benzene rings is 1. The minimum atomic E-state index is -0.100. The molecule has 1 aromatic heterocycles. The summed E-state index contributed by atoms with van der Waals surface area (Å²) >= 11 is 3.68. The second-order valence-electron chi connectivity index (χ2n) is 5.35. The van der Waals surface area contributed by atoms with Gasteiger partial charge in [-0.1, -0.05) is 40.2 Å². The maximum Gasteiger partial charge on any atom is 0.253 e. The highest BCUT2D eigenvalue weighted by Crippen LogP contribution is 2.35. The molecule has 1 aromatic carbocycles. The van der Waals surface area contributed by atoms with Crippen LogP contribution in [0.25, 0.3) is 0 Å². The molecule has 0 fully saturated rings. The van der Waals surface area contributed by atoms with Gasteiger partial charge in [0.2, 0.25) is 0 Å². The van der Waals surface area contributed by atoms with Gasteiger partial charge in [-0.25, -0.2) is 0 Å². The highest BCUT2D eigenvalue weighted by atomic mass is 79.9. The third-order valence-corrected chi connectivity index (χ3v) is 4.65. The van der Waals surface area contributed by atoms with Crippen LogP contribution in [0.2, 0.25) is 0 Å². The molecule has 0 saturated heterocycles. The molecule has 0 bridgehead atoms. The lowest BCUT2D eigenvalue weighted by atomic mass is 10.1. The predicted molar refractivity (Wildman–Crippen MR) is 84.6 cm³/mol. The predicted octanol–water partition coefficient (Wildman–Crippen LogP) is 2.88. The summed E-state index contributed by atoms with van der Waals surface area (Å²) in [5, 5.41) is 11.1. The van der Waals surface area contributed by atoms with Crippen LogP contribution in [0.1, 0.15) is 38.9 Å². The average molecular weight is 346 g/mol. The van der Waals surface area contributed by atoms with Crippen molar-refractivity contribution in [1.82, 2.24) is 15.5 Å². The van der Waals surface area contributed by atoms with E-state index in [-0.39, 0.29) is 16.8 Å². The molecule has 2 atom stereocenters. The van der Waals surface area contributed by atoms with E-state index in [0.29, 0.717) is 11.3 Å². The normalized spacial score (nSPS) is 20.1. The molecule has 2 unspecified atom stereocenters. The molecule has 0 aliphatic heterocycles. The summed E-state index contributed by atoms with van der Waals surface area (Å²) in [5.41, 5.74) is 4.45. The number of rotatable bonds is 2. The minimum absolute atomic E-state index is 0.0124. The van der Waals surface area contributed by atoms with Crippen molar-refractivity contribution in [3.8, 4) is 0 Å². The Morgan fingerprint density at radius 3 is 2.86 bits per heavy atom. The summed E-state index contributed by atoms with van der Waals surface area (Å²) in [6.07, 6.45) is 0.924. The zero-order chi connectivity index (χ0) is 15.0. The van der Waals surface area contributed by atoms with E-state index >= 15 is 0 Å². The molecule has 4 nitrogen and oxygen atoms in total. The molecule has 2 aromatic rings. The number of fused-ring (bicyclic) bond motifs is 1. The number of hydrogen-bond donors (Lipinski definition) is 1. The number of aromatic nitrogens is 2. The van der Waals surface area contributed by atoms with Gasteiger partial charge in [0.25, 0.3) is 5.91 Å². The molecule has 0 spiro atoms. The van der Waals surface area contributed by atoms with Crippen molar-refractivity contribution in [1.29, 1.82) is 0 Å². The van der Waals surface area contributed by atoms with Crippen molar-refractivity contribution in [2.24, 2.45) is 0 Å². The lowest BCUT2D eigenvalue weighted by Crippen LogP contribution is -2.32. The van der Waals surface area contributed by atoms with Crippen LogP contribution in [-0.2, 0) is 6.42 Å². The first-order valence-corrected chi connectivity index (χ1v) is 7.81. The number of amides is 1. The molecular formula is C16H16BrN3O. The molecule has 1 amide bonds. The van der Waals surface area contributed by atoms with Crippen LogP contribution in [0.5, 0.6) is 0 Å². The SMILES string of the molecule is Cc1cc(C(=O)NC2c3ccccc3CC2Br)c(C)nn1. The molecule has 1 aliphatic carbocycles. The number of halogens is 1. The zero-order valence-electron chi connectivity index (χ0n) is 11.9. The van der Waals surface area contributed by atoms with Gasteiger partial charge in [0, 0.05) is 4.83 Å². The van der Waals surface area contributed by atoms with Crippen LogP contribution in [-0.4, -0.2) is 20.9 Å². The third kappa shape index (κ3) is 2.70. The van der Waals surface area contributed by atoms with Crippen LogP contribution < -0.4 is 5.32 Å². The van der Waals surface area contributed by atoms with E-state index in [1.807, 2.05) is 19.1 Å². The Morgan fingerprint density at radius 1 is 1.29 bits per heavy atom. The van der Waals surface area contributed by atoms with Crippen molar-refractivity contribution in [3.63, 3.8) is 0 Å². The molecule has 1 aliphatic rings. The lowest BCUT2D eigenvalue weighted by Gasteiger charge is -2.18. The molecule has 0 saturated carbocycles. The topological polar surface area (TPSA) is 54.9 Å². The fourth-order valence-electron chi connectivity index (χ4n) is 2.71. The van der Waals surface area contributed by atoms with Crippen LogP contribution in [0, 0.1) is 13.8 Å². The molecule has 1 heterocycles. The monoisotopic (exact) mass is 345 g/mol. The summed E-state index contributed by atoms with van der Waals surface area (Å²) < 4.78 is 0. The lowest BCUT2D eigenvalue weighted by molar-refractivity contribution is 0.0936. The standard InChI is InChI=1S/C16H16BrN3O/c1-9-7-13(10(2)20-19-9)16(21)18-15-12-6-4-3-5-11(12)8-14(15)17/h3-7,14-15H,8H2,1-2H3,(H,18,21). The first-order valence-electron chi connectivity index (χ1n) is 6.90. The number of nitrogens with zero attached hydrogens (tertiary/aromatic N) is 2. The van der Waals surface area contributed by atoms with Crippen LogP contribution in [0.4, 0.5) is 0 Å². The maximum absolute atomic E-state index is 12.5. The van der Waals surface area contributed by atoms with Gasteiger partial charge in [-0.3, -0.25) is 4.79 Å². The van der Waals surface area contributed by atoms with Gasteiger partial charge < -0.3 is 5.32 Å². The maximum atomic E-state index is 12.5. The fraction of sp³-hybridized carbons (Fsp3) is 0.312. The highest BCUT2D eigenvalue weighted by Gasteiger charge is 2.32. The molecule has 0 radical (unpaired) electrons. The Bertz CT molecular complexity index is 702. The van der Waals surface area contributed by atoms with E-state index in [1.54, 1.807) is 13.0 Å². The molecule has 3 rings (SSSR count). The minimum Gasteiger partial charge on any atom is -0.344 e. The molecule has 1 N–H and O–H groups in total. The summed E-state index contributed by atoms with van der Waals surface area (Å²) in [4.78, 5) is 12.7. The molecule has 21 heavy (non-hydrogen) atoms.